The fraction of sp³-hybridized carbons (Fsp3) is 0.250. The van der Waals surface area contributed by atoms with Crippen molar-refractivity contribution in [3.8, 4) is 11.5 Å². The first-order valence-corrected chi connectivity index (χ1v) is 6.62. The van der Waals surface area contributed by atoms with Crippen LogP contribution in [0.15, 0.2) is 28.9 Å². The number of aromatic nitrogens is 3. The van der Waals surface area contributed by atoms with Crippen molar-refractivity contribution in [1.29, 1.82) is 0 Å². The second-order valence-corrected chi connectivity index (χ2v) is 4.83. The molecule has 88 valence electrons. The highest BCUT2D eigenvalue weighted by atomic mass is 79.9. The molecule has 3 nitrogen and oxygen atoms in total. The van der Waals surface area contributed by atoms with Crippen LogP contribution in [-0.2, 0) is 6.42 Å². The Labute approximate surface area is 113 Å². The van der Waals surface area contributed by atoms with Gasteiger partial charge in [-0.1, -0.05) is 31.6 Å². The summed E-state index contributed by atoms with van der Waals surface area (Å²) >= 11 is 8.71. The molecule has 2 aromatic heterocycles. The van der Waals surface area contributed by atoms with E-state index in [4.69, 9.17) is 12.2 Å². The number of hydrogen-bond acceptors (Lipinski definition) is 3. The average molecular weight is 310 g/mol. The number of aryl methyl sites for hydroxylation is 1. The van der Waals surface area contributed by atoms with E-state index in [2.05, 4.69) is 37.8 Å². The molecule has 0 amide bonds. The zero-order valence-electron chi connectivity index (χ0n) is 9.40. The maximum atomic E-state index is 5.24. The van der Waals surface area contributed by atoms with E-state index in [1.165, 1.54) is 0 Å². The summed E-state index contributed by atoms with van der Waals surface area (Å²) in [6.07, 6.45) is 3.73. The van der Waals surface area contributed by atoms with Crippen molar-refractivity contribution in [1.82, 2.24) is 15.0 Å². The lowest BCUT2D eigenvalue weighted by molar-refractivity contribution is 0.864. The number of hydrogen-bond donors (Lipinski definition) is 1. The standard InChI is InChI=1S/C12H12BrN3S/c1-2-5-8-10(13)12(17)16-11(15-8)9-6-3-4-7-14-9/h3-4,6-7H,2,5H2,1H3,(H,15,16,17). The number of rotatable bonds is 3. The van der Waals surface area contributed by atoms with Crippen LogP contribution in [0, 0.1) is 4.64 Å². The van der Waals surface area contributed by atoms with Crippen molar-refractivity contribution in [3.05, 3.63) is 39.2 Å². The van der Waals surface area contributed by atoms with Gasteiger partial charge >= 0.3 is 0 Å². The van der Waals surface area contributed by atoms with Gasteiger partial charge in [0.2, 0.25) is 0 Å². The van der Waals surface area contributed by atoms with Gasteiger partial charge in [0, 0.05) is 11.9 Å². The highest BCUT2D eigenvalue weighted by Gasteiger charge is 2.07. The van der Waals surface area contributed by atoms with Crippen LogP contribution in [0.4, 0.5) is 0 Å². The van der Waals surface area contributed by atoms with Crippen LogP contribution in [0.3, 0.4) is 0 Å². The molecule has 0 unspecified atom stereocenters. The summed E-state index contributed by atoms with van der Waals surface area (Å²) in [5.41, 5.74) is 1.89. The molecular formula is C12H12BrN3S. The Morgan fingerprint density at radius 1 is 1.41 bits per heavy atom. The molecule has 0 saturated carbocycles. The molecule has 0 fully saturated rings. The zero-order valence-corrected chi connectivity index (χ0v) is 11.8. The molecular weight excluding hydrogens is 298 g/mol. The smallest absolute Gasteiger partial charge is 0.157 e. The molecule has 0 aromatic carbocycles. The summed E-state index contributed by atoms with van der Waals surface area (Å²) in [5.74, 6) is 0.724. The lowest BCUT2D eigenvalue weighted by atomic mass is 10.2. The second kappa shape index (κ2) is 5.51. The Morgan fingerprint density at radius 3 is 2.88 bits per heavy atom. The molecule has 0 bridgehead atoms. The molecule has 0 aliphatic rings. The second-order valence-electron chi connectivity index (χ2n) is 3.65. The minimum Gasteiger partial charge on any atom is -0.341 e. The predicted molar refractivity (Wildman–Crippen MR) is 74.3 cm³/mol. The van der Waals surface area contributed by atoms with Crippen molar-refractivity contribution >= 4 is 28.1 Å². The first kappa shape index (κ1) is 12.4. The Kier molecular flexibility index (Phi) is 4.02. The maximum absolute atomic E-state index is 5.24. The molecule has 17 heavy (non-hydrogen) atoms. The van der Waals surface area contributed by atoms with Crippen LogP contribution in [0.2, 0.25) is 0 Å². The number of aromatic amines is 1. The molecule has 2 rings (SSSR count). The largest absolute Gasteiger partial charge is 0.341 e. The average Bonchev–Trinajstić information content (AvgIpc) is 2.36. The highest BCUT2D eigenvalue weighted by Crippen LogP contribution is 2.20. The van der Waals surface area contributed by atoms with Gasteiger partial charge in [0.05, 0.1) is 4.47 Å². The normalized spacial score (nSPS) is 10.5. The van der Waals surface area contributed by atoms with E-state index < -0.39 is 0 Å². The van der Waals surface area contributed by atoms with Gasteiger partial charge in [0.15, 0.2) is 5.82 Å². The molecule has 5 heteroatoms. The molecule has 0 saturated heterocycles. The third-order valence-corrected chi connectivity index (χ3v) is 3.75. The van der Waals surface area contributed by atoms with E-state index in [0.717, 1.165) is 34.5 Å². The molecule has 0 atom stereocenters. The summed E-state index contributed by atoms with van der Waals surface area (Å²) in [6.45, 7) is 2.13. The number of pyridine rings is 1. The first-order chi connectivity index (χ1) is 8.22. The first-order valence-electron chi connectivity index (χ1n) is 5.42. The van der Waals surface area contributed by atoms with Gasteiger partial charge in [-0.3, -0.25) is 4.98 Å². The summed E-state index contributed by atoms with van der Waals surface area (Å²) in [4.78, 5) is 11.9. The number of halogens is 1. The van der Waals surface area contributed by atoms with Crippen LogP contribution in [-0.4, -0.2) is 15.0 Å². The van der Waals surface area contributed by atoms with Crippen molar-refractivity contribution in [2.24, 2.45) is 0 Å². The van der Waals surface area contributed by atoms with E-state index >= 15 is 0 Å². The summed E-state index contributed by atoms with van der Waals surface area (Å²) < 4.78 is 1.46. The van der Waals surface area contributed by atoms with Crippen LogP contribution >= 0.6 is 28.1 Å². The lowest BCUT2D eigenvalue weighted by Gasteiger charge is -2.07. The lowest BCUT2D eigenvalue weighted by Crippen LogP contribution is -1.99. The Balaban J connectivity index is 2.53. The van der Waals surface area contributed by atoms with Gasteiger partial charge < -0.3 is 4.98 Å². The third-order valence-electron chi connectivity index (χ3n) is 2.34. The number of nitrogens with zero attached hydrogens (tertiary/aromatic N) is 2. The highest BCUT2D eigenvalue weighted by molar-refractivity contribution is 9.10. The Hall–Kier alpha value is -1.07. The van der Waals surface area contributed by atoms with Gasteiger partial charge in [0.25, 0.3) is 0 Å². The molecule has 0 aliphatic heterocycles. The number of nitrogens with one attached hydrogen (secondary N) is 1. The molecule has 0 aliphatic carbocycles. The van der Waals surface area contributed by atoms with E-state index in [1.54, 1.807) is 6.20 Å². The molecule has 1 N–H and O–H groups in total. The van der Waals surface area contributed by atoms with E-state index in [0.29, 0.717) is 4.64 Å². The fourth-order valence-electron chi connectivity index (χ4n) is 1.55. The summed E-state index contributed by atoms with van der Waals surface area (Å²) in [6, 6.07) is 5.73. The van der Waals surface area contributed by atoms with Crippen LogP contribution < -0.4 is 0 Å². The third kappa shape index (κ3) is 2.79. The van der Waals surface area contributed by atoms with Gasteiger partial charge in [-0.15, -0.1) is 0 Å². The van der Waals surface area contributed by atoms with Crippen LogP contribution in [0.1, 0.15) is 19.0 Å². The van der Waals surface area contributed by atoms with Crippen molar-refractivity contribution in [2.45, 2.75) is 19.8 Å². The Morgan fingerprint density at radius 2 is 2.24 bits per heavy atom. The van der Waals surface area contributed by atoms with E-state index in [1.807, 2.05) is 18.2 Å². The summed E-state index contributed by atoms with van der Waals surface area (Å²) in [7, 11) is 0. The minimum atomic E-state index is 0.577. The molecule has 2 aromatic rings. The fourth-order valence-corrected chi connectivity index (χ4v) is 2.15. The quantitative estimate of drug-likeness (QED) is 0.874. The molecule has 0 radical (unpaired) electrons. The van der Waals surface area contributed by atoms with E-state index in [9.17, 15) is 0 Å². The molecule has 2 heterocycles. The van der Waals surface area contributed by atoms with Crippen LogP contribution in [0.25, 0.3) is 11.5 Å². The van der Waals surface area contributed by atoms with Gasteiger partial charge in [-0.25, -0.2) is 4.98 Å². The number of H-pyrrole nitrogens is 1. The van der Waals surface area contributed by atoms with Crippen molar-refractivity contribution < 1.29 is 0 Å². The molecule has 0 spiro atoms. The summed E-state index contributed by atoms with van der Waals surface area (Å²) in [5, 5.41) is 0. The van der Waals surface area contributed by atoms with Crippen molar-refractivity contribution in [2.75, 3.05) is 0 Å². The topological polar surface area (TPSA) is 41.6 Å². The van der Waals surface area contributed by atoms with Gasteiger partial charge in [-0.05, 0) is 34.5 Å². The zero-order chi connectivity index (χ0) is 12.3. The van der Waals surface area contributed by atoms with E-state index in [-0.39, 0.29) is 0 Å². The Bertz CT molecular complexity index is 566. The van der Waals surface area contributed by atoms with Gasteiger partial charge in [-0.2, -0.15) is 0 Å². The minimum absolute atomic E-state index is 0.577. The monoisotopic (exact) mass is 309 g/mol. The van der Waals surface area contributed by atoms with Gasteiger partial charge in [0.1, 0.15) is 10.3 Å². The van der Waals surface area contributed by atoms with Crippen molar-refractivity contribution in [3.63, 3.8) is 0 Å². The SMILES string of the molecule is CCCc1[nH]c(-c2ccccn2)nc(=S)c1Br. The predicted octanol–water partition coefficient (Wildman–Crippen LogP) is 3.92. The van der Waals surface area contributed by atoms with Crippen LogP contribution in [0.5, 0.6) is 0 Å². The maximum Gasteiger partial charge on any atom is 0.157 e.